The molecule has 0 aliphatic heterocycles. The Morgan fingerprint density at radius 3 is 2.30 bits per heavy atom. The van der Waals surface area contributed by atoms with Crippen LogP contribution in [0.25, 0.3) is 0 Å². The molecule has 0 radical (unpaired) electrons. The van der Waals surface area contributed by atoms with Crippen molar-refractivity contribution in [3.63, 3.8) is 0 Å². The Balaban J connectivity index is 2.81. The number of halogens is 3. The summed E-state index contributed by atoms with van der Waals surface area (Å²) in [4.78, 5) is 0.412. The maximum atomic E-state index is 12.5. The normalized spacial score (nSPS) is 10.7. The molecule has 0 aliphatic carbocycles. The Kier molecular flexibility index (Phi) is 5.43. The molecule has 1 aromatic rings. The number of hydrogen-bond donors (Lipinski definition) is 0. The molecule has 0 amide bonds. The molecule has 0 spiro atoms. The minimum absolute atomic E-state index is 0.0599. The van der Waals surface area contributed by atoms with Crippen LogP contribution in [0, 0.1) is 39.9 Å². The molecule has 0 atom stereocenters. The SMILES string of the molecule is N#Cc1cc(C(F)(F)F)ccc1SCCC(C#N)C#N. The quantitative estimate of drug-likeness (QED) is 0.793. The summed E-state index contributed by atoms with van der Waals surface area (Å²) in [5.74, 6) is -0.367. The topological polar surface area (TPSA) is 71.4 Å². The molecule has 0 aromatic heterocycles. The second-order valence-electron chi connectivity index (χ2n) is 3.77. The molecule has 0 fully saturated rings. The van der Waals surface area contributed by atoms with Crippen LogP contribution in [0.4, 0.5) is 13.2 Å². The molecule has 102 valence electrons. The Hall–Kier alpha value is -2.17. The van der Waals surface area contributed by atoms with E-state index in [1.807, 2.05) is 12.1 Å². The van der Waals surface area contributed by atoms with Crippen molar-refractivity contribution in [1.82, 2.24) is 0 Å². The van der Waals surface area contributed by atoms with Crippen LogP contribution >= 0.6 is 11.8 Å². The zero-order valence-corrected chi connectivity index (χ0v) is 10.9. The van der Waals surface area contributed by atoms with Crippen LogP contribution in [-0.4, -0.2) is 5.75 Å². The lowest BCUT2D eigenvalue weighted by Crippen LogP contribution is -2.05. The molecule has 0 N–H and O–H groups in total. The van der Waals surface area contributed by atoms with Crippen molar-refractivity contribution in [3.8, 4) is 18.2 Å². The summed E-state index contributed by atoms with van der Waals surface area (Å²) in [6, 6.07) is 8.29. The van der Waals surface area contributed by atoms with Gasteiger partial charge in [0, 0.05) is 10.6 Å². The lowest BCUT2D eigenvalue weighted by atomic mass is 10.1. The number of rotatable bonds is 4. The van der Waals surface area contributed by atoms with Crippen LogP contribution in [-0.2, 0) is 6.18 Å². The largest absolute Gasteiger partial charge is 0.416 e. The molecule has 0 heterocycles. The van der Waals surface area contributed by atoms with E-state index in [2.05, 4.69) is 0 Å². The van der Waals surface area contributed by atoms with Crippen molar-refractivity contribution >= 4 is 11.8 Å². The van der Waals surface area contributed by atoms with Crippen LogP contribution < -0.4 is 0 Å². The van der Waals surface area contributed by atoms with Gasteiger partial charge >= 0.3 is 6.18 Å². The van der Waals surface area contributed by atoms with Gasteiger partial charge in [-0.2, -0.15) is 29.0 Å². The monoisotopic (exact) mass is 295 g/mol. The van der Waals surface area contributed by atoms with Crippen molar-refractivity contribution in [1.29, 1.82) is 15.8 Å². The van der Waals surface area contributed by atoms with Gasteiger partial charge in [-0.05, 0) is 24.6 Å². The average molecular weight is 295 g/mol. The molecule has 1 rings (SSSR count). The molecular formula is C13H8F3N3S. The molecule has 1 aromatic carbocycles. The summed E-state index contributed by atoms with van der Waals surface area (Å²) in [6.45, 7) is 0. The highest BCUT2D eigenvalue weighted by molar-refractivity contribution is 7.99. The first-order chi connectivity index (χ1) is 9.42. The predicted octanol–water partition coefficient (Wildman–Crippen LogP) is 3.72. The number of alkyl halides is 3. The second-order valence-corrected chi connectivity index (χ2v) is 4.91. The van der Waals surface area contributed by atoms with Gasteiger partial charge in [0.15, 0.2) is 0 Å². The van der Waals surface area contributed by atoms with Crippen molar-refractivity contribution < 1.29 is 13.2 Å². The number of thioether (sulfide) groups is 1. The number of hydrogen-bond acceptors (Lipinski definition) is 4. The summed E-state index contributed by atoms with van der Waals surface area (Å²) in [7, 11) is 0. The summed E-state index contributed by atoms with van der Waals surface area (Å²) in [5.41, 5.74) is -0.930. The molecule has 0 saturated heterocycles. The first-order valence-corrected chi connectivity index (χ1v) is 6.44. The standard InChI is InChI=1S/C13H8F3N3S/c14-13(15,16)11-1-2-12(10(5-11)8-19)20-4-3-9(6-17)7-18/h1-2,5,9H,3-4H2. The number of nitriles is 3. The first kappa shape index (κ1) is 15.9. The van der Waals surface area contributed by atoms with Crippen molar-refractivity contribution in [2.24, 2.45) is 5.92 Å². The highest BCUT2D eigenvalue weighted by Crippen LogP contribution is 2.33. The molecule has 20 heavy (non-hydrogen) atoms. The second kappa shape index (κ2) is 6.84. The van der Waals surface area contributed by atoms with Gasteiger partial charge in [-0.25, -0.2) is 0 Å². The first-order valence-electron chi connectivity index (χ1n) is 5.45. The van der Waals surface area contributed by atoms with Crippen LogP contribution in [0.1, 0.15) is 17.5 Å². The molecule has 3 nitrogen and oxygen atoms in total. The van der Waals surface area contributed by atoms with Crippen molar-refractivity contribution in [3.05, 3.63) is 29.3 Å². The zero-order chi connectivity index (χ0) is 15.2. The molecule has 0 bridgehead atoms. The zero-order valence-electron chi connectivity index (χ0n) is 10.1. The Morgan fingerprint density at radius 1 is 1.15 bits per heavy atom. The summed E-state index contributed by atoms with van der Waals surface area (Å²) < 4.78 is 37.5. The minimum atomic E-state index is -4.48. The maximum Gasteiger partial charge on any atom is 0.416 e. The third-order valence-corrected chi connectivity index (χ3v) is 3.51. The fourth-order valence-electron chi connectivity index (χ4n) is 1.36. The van der Waals surface area contributed by atoms with Gasteiger partial charge < -0.3 is 0 Å². The van der Waals surface area contributed by atoms with Crippen LogP contribution in [0.15, 0.2) is 23.1 Å². The van der Waals surface area contributed by atoms with Gasteiger partial charge in [0.25, 0.3) is 0 Å². The van der Waals surface area contributed by atoms with E-state index in [1.165, 1.54) is 6.07 Å². The van der Waals surface area contributed by atoms with Gasteiger partial charge in [0.05, 0.1) is 23.3 Å². The third kappa shape index (κ3) is 4.19. The van der Waals surface area contributed by atoms with Gasteiger partial charge in [-0.3, -0.25) is 0 Å². The van der Waals surface area contributed by atoms with Gasteiger partial charge in [-0.15, -0.1) is 11.8 Å². The minimum Gasteiger partial charge on any atom is -0.197 e. The molecular weight excluding hydrogens is 287 g/mol. The molecule has 0 unspecified atom stereocenters. The van der Waals surface area contributed by atoms with E-state index >= 15 is 0 Å². The van der Waals surface area contributed by atoms with Crippen molar-refractivity contribution in [2.45, 2.75) is 17.5 Å². The maximum absolute atomic E-state index is 12.5. The smallest absolute Gasteiger partial charge is 0.197 e. The lowest BCUT2D eigenvalue weighted by Gasteiger charge is -2.09. The van der Waals surface area contributed by atoms with Gasteiger partial charge in [0.2, 0.25) is 0 Å². The molecule has 0 saturated carbocycles. The van der Waals surface area contributed by atoms with E-state index in [0.29, 0.717) is 17.1 Å². The van der Waals surface area contributed by atoms with Gasteiger partial charge in [-0.1, -0.05) is 0 Å². The van der Waals surface area contributed by atoms with E-state index in [-0.39, 0.29) is 5.56 Å². The fraction of sp³-hybridized carbons (Fsp3) is 0.308. The Labute approximate surface area is 118 Å². The summed E-state index contributed by atoms with van der Waals surface area (Å²) in [5, 5.41) is 26.1. The third-order valence-electron chi connectivity index (χ3n) is 2.40. The van der Waals surface area contributed by atoms with Crippen LogP contribution in [0.3, 0.4) is 0 Å². The average Bonchev–Trinajstić information content (AvgIpc) is 2.42. The van der Waals surface area contributed by atoms with Crippen molar-refractivity contribution in [2.75, 3.05) is 5.75 Å². The predicted molar refractivity (Wildman–Crippen MR) is 66.2 cm³/mol. The summed E-state index contributed by atoms with van der Waals surface area (Å²) >= 11 is 1.16. The van der Waals surface area contributed by atoms with Crippen LogP contribution in [0.5, 0.6) is 0 Å². The Bertz CT molecular complexity index is 591. The van der Waals surface area contributed by atoms with Gasteiger partial charge in [0.1, 0.15) is 12.0 Å². The number of nitrogens with zero attached hydrogens (tertiary/aromatic N) is 3. The number of benzene rings is 1. The van der Waals surface area contributed by atoms with E-state index in [4.69, 9.17) is 15.8 Å². The Morgan fingerprint density at radius 2 is 1.80 bits per heavy atom. The van der Waals surface area contributed by atoms with E-state index < -0.39 is 17.7 Å². The lowest BCUT2D eigenvalue weighted by molar-refractivity contribution is -0.137. The van der Waals surface area contributed by atoms with E-state index in [9.17, 15) is 13.2 Å². The highest BCUT2D eigenvalue weighted by Gasteiger charge is 2.31. The highest BCUT2D eigenvalue weighted by atomic mass is 32.2. The van der Waals surface area contributed by atoms with E-state index in [0.717, 1.165) is 23.9 Å². The summed E-state index contributed by atoms with van der Waals surface area (Å²) in [6.07, 6.45) is -4.19. The molecule has 7 heteroatoms. The molecule has 0 aliphatic rings. The van der Waals surface area contributed by atoms with Crippen LogP contribution in [0.2, 0.25) is 0 Å². The fourth-order valence-corrected chi connectivity index (χ4v) is 2.36. The van der Waals surface area contributed by atoms with E-state index in [1.54, 1.807) is 6.07 Å².